The van der Waals surface area contributed by atoms with Crippen molar-refractivity contribution in [3.63, 3.8) is 0 Å². The summed E-state index contributed by atoms with van der Waals surface area (Å²) >= 11 is 0. The molecule has 0 atom stereocenters. The summed E-state index contributed by atoms with van der Waals surface area (Å²) in [5.74, 6) is 0.508. The van der Waals surface area contributed by atoms with Crippen LogP contribution in [0, 0.1) is 12.7 Å². The van der Waals surface area contributed by atoms with Gasteiger partial charge in [0.25, 0.3) is 0 Å². The lowest BCUT2D eigenvalue weighted by molar-refractivity contribution is 0.0992. The Labute approximate surface area is 166 Å². The van der Waals surface area contributed by atoms with Gasteiger partial charge in [0.05, 0.1) is 30.6 Å². The van der Waals surface area contributed by atoms with Gasteiger partial charge in [-0.3, -0.25) is 19.2 Å². The van der Waals surface area contributed by atoms with Gasteiger partial charge in [-0.05, 0) is 31.5 Å². The molecular formula is C21H18FN5O2. The molecule has 4 aromatic rings. The van der Waals surface area contributed by atoms with Crippen molar-refractivity contribution in [1.29, 1.82) is 0 Å². The number of hydrogen-bond acceptors (Lipinski definition) is 6. The largest absolute Gasteiger partial charge is 0.454 e. The molecule has 29 heavy (non-hydrogen) atoms. The first kappa shape index (κ1) is 18.7. The van der Waals surface area contributed by atoms with Crippen molar-refractivity contribution in [1.82, 2.24) is 24.6 Å². The van der Waals surface area contributed by atoms with Gasteiger partial charge in [-0.2, -0.15) is 0 Å². The number of Topliss-reactive ketones (excluding diaryl/α,β-unsaturated/α-hetero) is 1. The second kappa shape index (κ2) is 7.75. The lowest BCUT2D eigenvalue weighted by Gasteiger charge is -2.10. The molecule has 4 heterocycles. The Morgan fingerprint density at radius 3 is 2.76 bits per heavy atom. The fourth-order valence-electron chi connectivity index (χ4n) is 3.01. The van der Waals surface area contributed by atoms with E-state index in [1.165, 1.54) is 12.3 Å². The molecule has 0 unspecified atom stereocenters. The highest BCUT2D eigenvalue weighted by molar-refractivity contribution is 6.02. The SMILES string of the molecule is CCc1cccc(CC(=O)c2cc(Oc3cncc(F)c3)cn3c(C)nnc23)n1. The molecule has 8 heteroatoms. The summed E-state index contributed by atoms with van der Waals surface area (Å²) in [5, 5.41) is 8.17. The third-order valence-electron chi connectivity index (χ3n) is 4.43. The van der Waals surface area contributed by atoms with Crippen LogP contribution in [0.1, 0.15) is 34.5 Å². The number of fused-ring (bicyclic) bond motifs is 1. The van der Waals surface area contributed by atoms with Gasteiger partial charge in [-0.15, -0.1) is 10.2 Å². The maximum atomic E-state index is 13.4. The van der Waals surface area contributed by atoms with E-state index in [2.05, 4.69) is 20.2 Å². The molecule has 0 N–H and O–H groups in total. The van der Waals surface area contributed by atoms with Crippen LogP contribution < -0.4 is 4.74 Å². The van der Waals surface area contributed by atoms with Crippen LogP contribution in [0.15, 0.2) is 48.9 Å². The third kappa shape index (κ3) is 3.96. The Kier molecular flexibility index (Phi) is 4.99. The summed E-state index contributed by atoms with van der Waals surface area (Å²) in [6, 6.07) is 8.44. The fourth-order valence-corrected chi connectivity index (χ4v) is 3.01. The molecule has 0 aliphatic heterocycles. The standard InChI is InChI=1S/C21H18FN5O2/c1-3-15-5-4-6-16(24-15)8-20(28)19-9-18(12-27-13(2)25-26-21(19)27)29-17-7-14(22)10-23-11-17/h4-7,9-12H,3,8H2,1-2H3. The van der Waals surface area contributed by atoms with Gasteiger partial charge in [0.2, 0.25) is 0 Å². The molecule has 0 spiro atoms. The number of rotatable bonds is 6. The summed E-state index contributed by atoms with van der Waals surface area (Å²) in [7, 11) is 0. The maximum absolute atomic E-state index is 13.4. The highest BCUT2D eigenvalue weighted by atomic mass is 19.1. The lowest BCUT2D eigenvalue weighted by atomic mass is 10.1. The number of ketones is 1. The van der Waals surface area contributed by atoms with Gasteiger partial charge in [0.1, 0.15) is 23.1 Å². The highest BCUT2D eigenvalue weighted by Crippen LogP contribution is 2.25. The highest BCUT2D eigenvalue weighted by Gasteiger charge is 2.18. The molecule has 4 aromatic heterocycles. The van der Waals surface area contributed by atoms with E-state index in [0.29, 0.717) is 28.5 Å². The fraction of sp³-hybridized carbons (Fsp3) is 0.190. The number of pyridine rings is 3. The third-order valence-corrected chi connectivity index (χ3v) is 4.43. The maximum Gasteiger partial charge on any atom is 0.172 e. The van der Waals surface area contributed by atoms with E-state index in [9.17, 15) is 9.18 Å². The van der Waals surface area contributed by atoms with Gasteiger partial charge in [-0.25, -0.2) is 4.39 Å². The Hall–Kier alpha value is -3.68. The number of halogens is 1. The van der Waals surface area contributed by atoms with Gasteiger partial charge in [0.15, 0.2) is 11.4 Å². The van der Waals surface area contributed by atoms with Crippen molar-refractivity contribution in [3.8, 4) is 11.5 Å². The summed E-state index contributed by atoms with van der Waals surface area (Å²) < 4.78 is 20.8. The van der Waals surface area contributed by atoms with E-state index in [0.717, 1.165) is 18.3 Å². The zero-order chi connectivity index (χ0) is 20.4. The number of hydrogen-bond donors (Lipinski definition) is 0. The van der Waals surface area contributed by atoms with Crippen LogP contribution in [-0.2, 0) is 12.8 Å². The first-order chi connectivity index (χ1) is 14.0. The number of nitrogens with zero attached hydrogens (tertiary/aromatic N) is 5. The van der Waals surface area contributed by atoms with Crippen molar-refractivity contribution in [2.24, 2.45) is 0 Å². The number of aryl methyl sites for hydroxylation is 2. The Balaban J connectivity index is 1.71. The molecule has 0 amide bonds. The summed E-state index contributed by atoms with van der Waals surface area (Å²) in [4.78, 5) is 21.3. The van der Waals surface area contributed by atoms with Crippen LogP contribution in [0.2, 0.25) is 0 Å². The van der Waals surface area contributed by atoms with E-state index in [1.54, 1.807) is 23.6 Å². The van der Waals surface area contributed by atoms with Crippen LogP contribution in [0.3, 0.4) is 0 Å². The summed E-state index contributed by atoms with van der Waals surface area (Å²) in [5.41, 5.74) is 2.40. The quantitative estimate of drug-likeness (QED) is 0.466. The topological polar surface area (TPSA) is 82.3 Å². The molecule has 0 aliphatic rings. The second-order valence-corrected chi connectivity index (χ2v) is 6.54. The zero-order valence-electron chi connectivity index (χ0n) is 16.0. The van der Waals surface area contributed by atoms with E-state index in [1.807, 2.05) is 25.1 Å². The molecule has 0 bridgehead atoms. The molecule has 0 saturated carbocycles. The number of carbonyl (C=O) groups excluding carboxylic acids is 1. The summed E-state index contributed by atoms with van der Waals surface area (Å²) in [6.45, 7) is 3.78. The van der Waals surface area contributed by atoms with E-state index >= 15 is 0 Å². The van der Waals surface area contributed by atoms with Crippen LogP contribution in [0.4, 0.5) is 4.39 Å². The predicted octanol–water partition coefficient (Wildman–Crippen LogP) is 3.75. The van der Waals surface area contributed by atoms with Gasteiger partial charge >= 0.3 is 0 Å². The number of aromatic nitrogens is 5. The van der Waals surface area contributed by atoms with Crippen LogP contribution >= 0.6 is 0 Å². The average Bonchev–Trinajstić information content (AvgIpc) is 3.08. The van der Waals surface area contributed by atoms with Gasteiger partial charge < -0.3 is 4.74 Å². The van der Waals surface area contributed by atoms with E-state index < -0.39 is 5.82 Å². The van der Waals surface area contributed by atoms with Crippen molar-refractivity contribution in [2.45, 2.75) is 26.7 Å². The van der Waals surface area contributed by atoms with Crippen molar-refractivity contribution < 1.29 is 13.9 Å². The monoisotopic (exact) mass is 391 g/mol. The van der Waals surface area contributed by atoms with Crippen LogP contribution in [0.25, 0.3) is 5.65 Å². The first-order valence-corrected chi connectivity index (χ1v) is 9.15. The lowest BCUT2D eigenvalue weighted by Crippen LogP contribution is -2.09. The minimum Gasteiger partial charge on any atom is -0.454 e. The Bertz CT molecular complexity index is 1200. The normalized spacial score (nSPS) is 11.0. The van der Waals surface area contributed by atoms with Gasteiger partial charge in [0, 0.05) is 17.5 Å². The van der Waals surface area contributed by atoms with Crippen molar-refractivity contribution in [3.05, 3.63) is 77.5 Å². The van der Waals surface area contributed by atoms with Gasteiger partial charge in [-0.1, -0.05) is 13.0 Å². The molecule has 0 saturated heterocycles. The predicted molar refractivity (Wildman–Crippen MR) is 104 cm³/mol. The van der Waals surface area contributed by atoms with Crippen LogP contribution in [0.5, 0.6) is 11.5 Å². The molecule has 4 rings (SSSR count). The minimum absolute atomic E-state index is 0.125. The molecule has 7 nitrogen and oxygen atoms in total. The van der Waals surface area contributed by atoms with E-state index in [-0.39, 0.29) is 18.0 Å². The Morgan fingerprint density at radius 2 is 1.97 bits per heavy atom. The molecule has 0 aromatic carbocycles. The van der Waals surface area contributed by atoms with E-state index in [4.69, 9.17) is 4.74 Å². The minimum atomic E-state index is -0.512. The molecule has 0 fully saturated rings. The molecule has 0 radical (unpaired) electrons. The number of carbonyl (C=O) groups is 1. The Morgan fingerprint density at radius 1 is 1.14 bits per heavy atom. The second-order valence-electron chi connectivity index (χ2n) is 6.54. The summed E-state index contributed by atoms with van der Waals surface area (Å²) in [6.07, 6.45) is 5.06. The first-order valence-electron chi connectivity index (χ1n) is 9.15. The van der Waals surface area contributed by atoms with Crippen molar-refractivity contribution in [2.75, 3.05) is 0 Å². The molecular weight excluding hydrogens is 373 g/mol. The van der Waals surface area contributed by atoms with Crippen LogP contribution in [-0.4, -0.2) is 30.3 Å². The molecule has 146 valence electrons. The average molecular weight is 391 g/mol. The molecule has 0 aliphatic carbocycles. The van der Waals surface area contributed by atoms with Crippen molar-refractivity contribution >= 4 is 11.4 Å². The number of ether oxygens (including phenoxy) is 1. The smallest absolute Gasteiger partial charge is 0.172 e. The zero-order valence-corrected chi connectivity index (χ0v) is 16.0.